The number of rotatable bonds is 5. The maximum atomic E-state index is 13.7. The van der Waals surface area contributed by atoms with Crippen molar-refractivity contribution in [3.8, 4) is 17.6 Å². The first-order chi connectivity index (χ1) is 18.2. The van der Waals surface area contributed by atoms with Gasteiger partial charge in [0, 0.05) is 55.0 Å². The molecule has 1 aliphatic carbocycles. The molecule has 1 aromatic carbocycles. The minimum Gasteiger partial charge on any atom is -0.487 e. The molecule has 2 heterocycles. The minimum absolute atomic E-state index is 0.0328. The molecule has 1 aromatic heterocycles. The number of carbonyl (C=O) groups is 1. The predicted octanol–water partition coefficient (Wildman–Crippen LogP) is 3.29. The SMILES string of the molecule is C[C@@H]1CN([C@@H](C)CO)S(=O)(=O)c2ccc(C#Cc3ccncc3)cc2O[C@H]1CN(C)C(=O)C1CCCCC1. The van der Waals surface area contributed by atoms with Gasteiger partial charge in [0.05, 0.1) is 13.2 Å². The smallest absolute Gasteiger partial charge is 0.247 e. The summed E-state index contributed by atoms with van der Waals surface area (Å²) in [5.74, 6) is 6.26. The number of likely N-dealkylation sites (N-methyl/N-ethyl adjacent to an activating group) is 1. The highest BCUT2D eigenvalue weighted by Crippen LogP contribution is 2.34. The fourth-order valence-corrected chi connectivity index (χ4v) is 6.95. The Hall–Kier alpha value is -2.93. The zero-order valence-corrected chi connectivity index (χ0v) is 23.2. The molecule has 0 unspecified atom stereocenters. The number of aliphatic hydroxyl groups is 1. The molecule has 8 nitrogen and oxygen atoms in total. The average molecular weight is 540 g/mol. The first-order valence-electron chi connectivity index (χ1n) is 13.3. The quantitative estimate of drug-likeness (QED) is 0.586. The molecule has 1 aliphatic heterocycles. The molecule has 0 radical (unpaired) electrons. The van der Waals surface area contributed by atoms with Crippen molar-refractivity contribution in [2.45, 2.75) is 63.0 Å². The summed E-state index contributed by atoms with van der Waals surface area (Å²) in [6.07, 6.45) is 8.01. The summed E-state index contributed by atoms with van der Waals surface area (Å²) < 4.78 is 35.1. The Labute approximate surface area is 226 Å². The zero-order chi connectivity index (χ0) is 27.3. The van der Waals surface area contributed by atoms with Crippen molar-refractivity contribution >= 4 is 15.9 Å². The van der Waals surface area contributed by atoms with Crippen LogP contribution in [0.15, 0.2) is 47.6 Å². The fraction of sp³-hybridized carbons (Fsp3) is 0.517. The van der Waals surface area contributed by atoms with Gasteiger partial charge in [-0.05, 0) is 50.1 Å². The fourth-order valence-electron chi connectivity index (χ4n) is 5.12. The van der Waals surface area contributed by atoms with Crippen LogP contribution in [-0.2, 0) is 14.8 Å². The van der Waals surface area contributed by atoms with Crippen LogP contribution in [0.2, 0.25) is 0 Å². The van der Waals surface area contributed by atoms with E-state index in [2.05, 4.69) is 16.8 Å². The van der Waals surface area contributed by atoms with Gasteiger partial charge in [0.25, 0.3) is 0 Å². The maximum Gasteiger partial charge on any atom is 0.247 e. The number of hydrogen-bond donors (Lipinski definition) is 1. The number of amides is 1. The van der Waals surface area contributed by atoms with Crippen molar-refractivity contribution in [1.82, 2.24) is 14.2 Å². The Morgan fingerprint density at radius 2 is 1.84 bits per heavy atom. The minimum atomic E-state index is -3.94. The Balaban J connectivity index is 1.68. The number of nitrogens with zero attached hydrogens (tertiary/aromatic N) is 3. The summed E-state index contributed by atoms with van der Waals surface area (Å²) in [5.41, 5.74) is 1.40. The number of carbonyl (C=O) groups excluding carboxylic acids is 1. The summed E-state index contributed by atoms with van der Waals surface area (Å²) >= 11 is 0. The molecule has 1 amide bonds. The molecule has 3 atom stereocenters. The largest absolute Gasteiger partial charge is 0.487 e. The number of ether oxygens (including phenoxy) is 1. The lowest BCUT2D eigenvalue weighted by Crippen LogP contribution is -2.50. The van der Waals surface area contributed by atoms with Crippen LogP contribution in [0.25, 0.3) is 0 Å². The molecular formula is C29H37N3O5S. The second kappa shape index (κ2) is 12.3. The van der Waals surface area contributed by atoms with E-state index in [9.17, 15) is 18.3 Å². The molecule has 9 heteroatoms. The van der Waals surface area contributed by atoms with E-state index in [1.54, 1.807) is 55.5 Å². The third-order valence-electron chi connectivity index (χ3n) is 7.48. The number of fused-ring (bicyclic) bond motifs is 1. The lowest BCUT2D eigenvalue weighted by atomic mass is 9.88. The van der Waals surface area contributed by atoms with Crippen molar-refractivity contribution in [3.05, 3.63) is 53.9 Å². The summed E-state index contributed by atoms with van der Waals surface area (Å²) in [6.45, 7) is 3.82. The molecule has 2 aliphatic rings. The van der Waals surface area contributed by atoms with E-state index in [0.717, 1.165) is 31.2 Å². The number of pyridine rings is 1. The van der Waals surface area contributed by atoms with Crippen LogP contribution in [0.5, 0.6) is 5.75 Å². The summed E-state index contributed by atoms with van der Waals surface area (Å²) in [7, 11) is -2.15. The molecule has 204 valence electrons. The highest BCUT2D eigenvalue weighted by atomic mass is 32.2. The van der Waals surface area contributed by atoms with Crippen LogP contribution in [0, 0.1) is 23.7 Å². The first kappa shape index (κ1) is 28.1. The second-order valence-electron chi connectivity index (χ2n) is 10.4. The van der Waals surface area contributed by atoms with E-state index in [0.29, 0.717) is 12.1 Å². The number of sulfonamides is 1. The normalized spacial score (nSPS) is 22.5. The summed E-state index contributed by atoms with van der Waals surface area (Å²) in [4.78, 5) is 18.9. The highest BCUT2D eigenvalue weighted by Gasteiger charge is 2.38. The lowest BCUT2D eigenvalue weighted by Gasteiger charge is -2.38. The second-order valence-corrected chi connectivity index (χ2v) is 12.3. The lowest BCUT2D eigenvalue weighted by molar-refractivity contribution is -0.136. The van der Waals surface area contributed by atoms with Gasteiger partial charge in [-0.3, -0.25) is 9.78 Å². The van der Waals surface area contributed by atoms with Gasteiger partial charge in [-0.25, -0.2) is 8.42 Å². The Bertz CT molecular complexity index is 1280. The third kappa shape index (κ3) is 6.37. The van der Waals surface area contributed by atoms with Crippen LogP contribution in [0.4, 0.5) is 0 Å². The van der Waals surface area contributed by atoms with E-state index in [-0.39, 0.29) is 41.5 Å². The van der Waals surface area contributed by atoms with Crippen molar-refractivity contribution in [2.75, 3.05) is 26.7 Å². The van der Waals surface area contributed by atoms with Gasteiger partial charge < -0.3 is 14.7 Å². The van der Waals surface area contributed by atoms with Gasteiger partial charge in [-0.1, -0.05) is 38.0 Å². The Morgan fingerprint density at radius 3 is 2.53 bits per heavy atom. The topological polar surface area (TPSA) is 100 Å². The van der Waals surface area contributed by atoms with E-state index in [1.165, 1.54) is 16.8 Å². The molecule has 0 bridgehead atoms. The maximum absolute atomic E-state index is 13.7. The molecule has 38 heavy (non-hydrogen) atoms. The molecule has 1 saturated carbocycles. The molecule has 1 N–H and O–H groups in total. The van der Waals surface area contributed by atoms with Gasteiger partial charge in [0.1, 0.15) is 16.7 Å². The van der Waals surface area contributed by atoms with Crippen molar-refractivity contribution in [1.29, 1.82) is 0 Å². The van der Waals surface area contributed by atoms with Crippen LogP contribution >= 0.6 is 0 Å². The van der Waals surface area contributed by atoms with Crippen LogP contribution in [-0.4, -0.2) is 72.5 Å². The monoisotopic (exact) mass is 539 g/mol. The molecule has 1 fully saturated rings. The van der Waals surface area contributed by atoms with Crippen molar-refractivity contribution in [3.63, 3.8) is 0 Å². The van der Waals surface area contributed by atoms with Gasteiger partial charge in [0.2, 0.25) is 15.9 Å². The zero-order valence-electron chi connectivity index (χ0n) is 22.3. The molecule has 2 aromatic rings. The first-order valence-corrected chi connectivity index (χ1v) is 14.7. The average Bonchev–Trinajstić information content (AvgIpc) is 2.93. The van der Waals surface area contributed by atoms with Gasteiger partial charge in [0.15, 0.2) is 0 Å². The summed E-state index contributed by atoms with van der Waals surface area (Å²) in [5, 5.41) is 9.85. The predicted molar refractivity (Wildman–Crippen MR) is 145 cm³/mol. The van der Waals surface area contributed by atoms with Gasteiger partial charge in [-0.15, -0.1) is 0 Å². The van der Waals surface area contributed by atoms with Crippen molar-refractivity contribution in [2.24, 2.45) is 11.8 Å². The number of aromatic nitrogens is 1. The van der Waals surface area contributed by atoms with Gasteiger partial charge in [-0.2, -0.15) is 4.31 Å². The van der Waals surface area contributed by atoms with E-state index < -0.39 is 22.2 Å². The molecule has 0 spiro atoms. The van der Waals surface area contributed by atoms with E-state index in [1.807, 2.05) is 6.92 Å². The number of benzene rings is 1. The van der Waals surface area contributed by atoms with Crippen LogP contribution in [0.3, 0.4) is 0 Å². The van der Waals surface area contributed by atoms with Crippen LogP contribution in [0.1, 0.15) is 57.1 Å². The number of hydrogen-bond acceptors (Lipinski definition) is 6. The van der Waals surface area contributed by atoms with Gasteiger partial charge >= 0.3 is 0 Å². The van der Waals surface area contributed by atoms with E-state index >= 15 is 0 Å². The van der Waals surface area contributed by atoms with Crippen molar-refractivity contribution < 1.29 is 23.1 Å². The van der Waals surface area contributed by atoms with Crippen LogP contribution < -0.4 is 4.74 Å². The Kier molecular flexibility index (Phi) is 9.08. The number of aliphatic hydroxyl groups excluding tert-OH is 1. The van der Waals surface area contributed by atoms with E-state index in [4.69, 9.17) is 4.74 Å². The Morgan fingerprint density at radius 1 is 1.16 bits per heavy atom. The molecule has 4 rings (SSSR count). The molecular weight excluding hydrogens is 502 g/mol. The standard InChI is InChI=1S/C29H37N3O5S/c1-21-18-32(22(2)20-33)38(35,36)28-12-11-24(10-9-23-13-15-30-16-14-23)17-26(28)37-27(21)19-31(3)29(34)25-7-5-4-6-8-25/h11-17,21-22,25,27,33H,4-8,18-20H2,1-3H3/t21-,22+,27+/m1/s1. The summed E-state index contributed by atoms with van der Waals surface area (Å²) in [6, 6.07) is 7.81. The molecule has 0 saturated heterocycles. The third-order valence-corrected chi connectivity index (χ3v) is 9.50. The highest BCUT2D eigenvalue weighted by molar-refractivity contribution is 7.89.